The zero-order valence-electron chi connectivity index (χ0n) is 11.1. The van der Waals surface area contributed by atoms with E-state index >= 15 is 0 Å². The number of nitriles is 1. The van der Waals surface area contributed by atoms with Crippen molar-refractivity contribution in [1.82, 2.24) is 0 Å². The molecule has 2 rings (SSSR count). The Morgan fingerprint density at radius 1 is 1.10 bits per heavy atom. The van der Waals surface area contributed by atoms with E-state index in [2.05, 4.69) is 10.6 Å². The zero-order chi connectivity index (χ0) is 14.4. The van der Waals surface area contributed by atoms with Crippen LogP contribution in [0.3, 0.4) is 0 Å². The third kappa shape index (κ3) is 3.59. The zero-order valence-corrected chi connectivity index (χ0v) is 11.1. The number of anilines is 2. The van der Waals surface area contributed by atoms with Crippen LogP contribution in [0.1, 0.15) is 12.5 Å². The van der Waals surface area contributed by atoms with Gasteiger partial charge >= 0.3 is 0 Å². The summed E-state index contributed by atoms with van der Waals surface area (Å²) in [6.45, 7) is 1.79. The smallest absolute Gasteiger partial charge is 0.246 e. The average Bonchev–Trinajstić information content (AvgIpc) is 2.48. The molecular formula is C16H15N3O. The van der Waals surface area contributed by atoms with Crippen LogP contribution in [0, 0.1) is 11.3 Å². The van der Waals surface area contributed by atoms with E-state index in [1.807, 2.05) is 36.4 Å². The summed E-state index contributed by atoms with van der Waals surface area (Å²) in [6, 6.07) is 18.0. The second-order valence-corrected chi connectivity index (χ2v) is 4.41. The Morgan fingerprint density at radius 3 is 2.50 bits per heavy atom. The van der Waals surface area contributed by atoms with Crippen molar-refractivity contribution in [3.8, 4) is 6.07 Å². The van der Waals surface area contributed by atoms with Gasteiger partial charge in [-0.15, -0.1) is 0 Å². The largest absolute Gasteiger partial charge is 0.374 e. The fourth-order valence-corrected chi connectivity index (χ4v) is 1.77. The molecule has 4 heteroatoms. The fourth-order valence-electron chi connectivity index (χ4n) is 1.77. The number of benzene rings is 2. The Hall–Kier alpha value is -2.80. The molecule has 2 aromatic carbocycles. The van der Waals surface area contributed by atoms with Gasteiger partial charge in [0.1, 0.15) is 6.04 Å². The second kappa shape index (κ2) is 6.39. The number of rotatable bonds is 4. The molecule has 0 radical (unpaired) electrons. The van der Waals surface area contributed by atoms with Crippen molar-refractivity contribution in [1.29, 1.82) is 5.26 Å². The van der Waals surface area contributed by atoms with Crippen LogP contribution >= 0.6 is 0 Å². The minimum Gasteiger partial charge on any atom is -0.374 e. The van der Waals surface area contributed by atoms with E-state index in [4.69, 9.17) is 5.26 Å². The Balaban J connectivity index is 1.99. The molecule has 0 saturated heterocycles. The summed E-state index contributed by atoms with van der Waals surface area (Å²) in [5, 5.41) is 14.7. The lowest BCUT2D eigenvalue weighted by Crippen LogP contribution is -2.31. The molecule has 4 nitrogen and oxygen atoms in total. The first-order chi connectivity index (χ1) is 9.69. The number of para-hydroxylation sites is 1. The van der Waals surface area contributed by atoms with Crippen LogP contribution in [0.25, 0.3) is 0 Å². The molecular weight excluding hydrogens is 250 g/mol. The highest BCUT2D eigenvalue weighted by Gasteiger charge is 2.12. The fraction of sp³-hybridized carbons (Fsp3) is 0.125. The molecule has 0 bridgehead atoms. The standard InChI is InChI=1S/C16H15N3O/c1-12(18-14-7-3-2-4-8-14)16(20)19-15-9-5-6-13(10-15)11-17/h2-10,12,18H,1H3,(H,19,20). The van der Waals surface area contributed by atoms with Crippen molar-refractivity contribution in [3.63, 3.8) is 0 Å². The highest BCUT2D eigenvalue weighted by atomic mass is 16.2. The minimum atomic E-state index is -0.372. The van der Waals surface area contributed by atoms with Gasteiger partial charge in [-0.3, -0.25) is 4.79 Å². The number of carbonyl (C=O) groups is 1. The van der Waals surface area contributed by atoms with Crippen LogP contribution in [-0.4, -0.2) is 11.9 Å². The number of carbonyl (C=O) groups excluding carboxylic acids is 1. The maximum absolute atomic E-state index is 12.1. The van der Waals surface area contributed by atoms with E-state index in [0.717, 1.165) is 5.69 Å². The Kier molecular flexibility index (Phi) is 4.35. The Labute approximate surface area is 118 Å². The van der Waals surface area contributed by atoms with Gasteiger partial charge in [0.25, 0.3) is 0 Å². The maximum atomic E-state index is 12.1. The molecule has 0 heterocycles. The van der Waals surface area contributed by atoms with Gasteiger partial charge < -0.3 is 10.6 Å². The van der Waals surface area contributed by atoms with E-state index in [0.29, 0.717) is 11.3 Å². The lowest BCUT2D eigenvalue weighted by molar-refractivity contribution is -0.116. The van der Waals surface area contributed by atoms with Crippen molar-refractivity contribution >= 4 is 17.3 Å². The molecule has 0 aliphatic carbocycles. The van der Waals surface area contributed by atoms with Crippen LogP contribution in [-0.2, 0) is 4.79 Å². The van der Waals surface area contributed by atoms with Crippen molar-refractivity contribution in [2.24, 2.45) is 0 Å². The molecule has 1 amide bonds. The first-order valence-electron chi connectivity index (χ1n) is 6.31. The molecule has 2 aromatic rings. The average molecular weight is 265 g/mol. The molecule has 100 valence electrons. The Bertz CT molecular complexity index is 632. The van der Waals surface area contributed by atoms with E-state index in [1.54, 1.807) is 31.2 Å². The van der Waals surface area contributed by atoms with E-state index < -0.39 is 0 Å². The molecule has 1 atom stereocenters. The van der Waals surface area contributed by atoms with Crippen LogP contribution < -0.4 is 10.6 Å². The summed E-state index contributed by atoms with van der Waals surface area (Å²) in [5.74, 6) is -0.149. The summed E-state index contributed by atoms with van der Waals surface area (Å²) < 4.78 is 0. The number of nitrogens with zero attached hydrogens (tertiary/aromatic N) is 1. The summed E-state index contributed by atoms with van der Waals surface area (Å²) in [4.78, 5) is 12.1. The van der Waals surface area contributed by atoms with Gasteiger partial charge in [0.15, 0.2) is 0 Å². The number of hydrogen-bond acceptors (Lipinski definition) is 3. The van der Waals surface area contributed by atoms with Gasteiger partial charge in [-0.1, -0.05) is 24.3 Å². The van der Waals surface area contributed by atoms with Crippen LogP contribution in [0.4, 0.5) is 11.4 Å². The van der Waals surface area contributed by atoms with Gasteiger partial charge in [0.05, 0.1) is 11.6 Å². The van der Waals surface area contributed by atoms with E-state index in [1.165, 1.54) is 0 Å². The quantitative estimate of drug-likeness (QED) is 0.893. The monoisotopic (exact) mass is 265 g/mol. The molecule has 0 fully saturated rings. The number of amides is 1. The maximum Gasteiger partial charge on any atom is 0.246 e. The summed E-state index contributed by atoms with van der Waals surface area (Å²) >= 11 is 0. The second-order valence-electron chi connectivity index (χ2n) is 4.41. The van der Waals surface area contributed by atoms with Crippen LogP contribution in [0.5, 0.6) is 0 Å². The molecule has 0 spiro atoms. The highest BCUT2D eigenvalue weighted by Crippen LogP contribution is 2.12. The minimum absolute atomic E-state index is 0.149. The number of nitrogens with one attached hydrogen (secondary N) is 2. The van der Waals surface area contributed by atoms with Crippen molar-refractivity contribution in [2.75, 3.05) is 10.6 Å². The van der Waals surface area contributed by atoms with Crippen molar-refractivity contribution in [2.45, 2.75) is 13.0 Å². The highest BCUT2D eigenvalue weighted by molar-refractivity contribution is 5.96. The summed E-state index contributed by atoms with van der Waals surface area (Å²) in [7, 11) is 0. The third-order valence-corrected chi connectivity index (χ3v) is 2.81. The molecule has 20 heavy (non-hydrogen) atoms. The Morgan fingerprint density at radius 2 is 1.80 bits per heavy atom. The SMILES string of the molecule is CC(Nc1ccccc1)C(=O)Nc1cccc(C#N)c1. The first-order valence-corrected chi connectivity index (χ1v) is 6.31. The molecule has 0 aliphatic rings. The van der Waals surface area contributed by atoms with Crippen LogP contribution in [0.2, 0.25) is 0 Å². The third-order valence-electron chi connectivity index (χ3n) is 2.81. The van der Waals surface area contributed by atoms with E-state index in [9.17, 15) is 4.79 Å². The predicted octanol–water partition coefficient (Wildman–Crippen LogP) is 3.00. The van der Waals surface area contributed by atoms with Crippen molar-refractivity contribution in [3.05, 3.63) is 60.2 Å². The lowest BCUT2D eigenvalue weighted by atomic mass is 10.2. The molecule has 2 N–H and O–H groups in total. The van der Waals surface area contributed by atoms with E-state index in [-0.39, 0.29) is 11.9 Å². The van der Waals surface area contributed by atoms with Gasteiger partial charge in [0.2, 0.25) is 5.91 Å². The predicted molar refractivity (Wildman–Crippen MR) is 79.3 cm³/mol. The van der Waals surface area contributed by atoms with Gasteiger partial charge in [0, 0.05) is 11.4 Å². The molecule has 0 aliphatic heterocycles. The first kappa shape index (κ1) is 13.6. The number of hydrogen-bond donors (Lipinski definition) is 2. The molecule has 0 saturated carbocycles. The lowest BCUT2D eigenvalue weighted by Gasteiger charge is -2.15. The summed E-state index contributed by atoms with van der Waals surface area (Å²) in [6.07, 6.45) is 0. The normalized spacial score (nSPS) is 11.2. The van der Waals surface area contributed by atoms with Crippen molar-refractivity contribution < 1.29 is 4.79 Å². The molecule has 1 unspecified atom stereocenters. The van der Waals surface area contributed by atoms with Gasteiger partial charge in [-0.05, 0) is 37.3 Å². The topological polar surface area (TPSA) is 64.9 Å². The van der Waals surface area contributed by atoms with Crippen LogP contribution in [0.15, 0.2) is 54.6 Å². The van der Waals surface area contributed by atoms with Gasteiger partial charge in [-0.2, -0.15) is 5.26 Å². The molecule has 0 aromatic heterocycles. The summed E-state index contributed by atoms with van der Waals surface area (Å²) in [5.41, 5.74) is 2.03. The van der Waals surface area contributed by atoms with Gasteiger partial charge in [-0.25, -0.2) is 0 Å².